The number of halogens is 1. The third-order valence-electron chi connectivity index (χ3n) is 3.61. The summed E-state index contributed by atoms with van der Waals surface area (Å²) in [5.74, 6) is -0.0955. The Balaban J connectivity index is 1.69. The molecule has 0 saturated heterocycles. The molecule has 0 spiro atoms. The van der Waals surface area contributed by atoms with Crippen LogP contribution in [0.1, 0.15) is 31.8 Å². The average molecular weight is 347 g/mol. The molecule has 0 fully saturated rings. The maximum absolute atomic E-state index is 12.2. The first-order chi connectivity index (χ1) is 11.5. The van der Waals surface area contributed by atoms with E-state index in [0.29, 0.717) is 17.1 Å². The van der Waals surface area contributed by atoms with Crippen molar-refractivity contribution in [3.63, 3.8) is 0 Å². The number of hydrazine groups is 1. The Kier molecular flexibility index (Phi) is 4.31. The Labute approximate surface area is 143 Å². The fourth-order valence-corrected chi connectivity index (χ4v) is 2.69. The van der Waals surface area contributed by atoms with Crippen LogP contribution in [0.15, 0.2) is 30.3 Å². The maximum Gasteiger partial charge on any atom is 0.269 e. The van der Waals surface area contributed by atoms with Crippen LogP contribution in [-0.2, 0) is 0 Å². The Morgan fingerprint density at radius 1 is 1.04 bits per heavy atom. The first-order valence-corrected chi connectivity index (χ1v) is 7.60. The molecule has 0 saturated carbocycles. The molecule has 0 radical (unpaired) electrons. The predicted molar refractivity (Wildman–Crippen MR) is 88.4 cm³/mol. The lowest BCUT2D eigenvalue weighted by Gasteiger charge is -2.10. The van der Waals surface area contributed by atoms with Gasteiger partial charge in [0.2, 0.25) is 6.79 Å². The van der Waals surface area contributed by atoms with Gasteiger partial charge in [-0.25, -0.2) is 0 Å². The van der Waals surface area contributed by atoms with Crippen LogP contribution in [0.5, 0.6) is 11.5 Å². The van der Waals surface area contributed by atoms with E-state index >= 15 is 0 Å². The van der Waals surface area contributed by atoms with Crippen LogP contribution in [0, 0.1) is 13.8 Å². The molecule has 2 aromatic carbocycles. The van der Waals surface area contributed by atoms with Gasteiger partial charge >= 0.3 is 0 Å². The fourth-order valence-electron chi connectivity index (χ4n) is 2.42. The Hall–Kier alpha value is -2.73. The van der Waals surface area contributed by atoms with Crippen molar-refractivity contribution in [3.05, 3.63) is 57.6 Å². The average Bonchev–Trinajstić information content (AvgIpc) is 3.01. The second kappa shape index (κ2) is 6.41. The number of rotatable bonds is 2. The molecule has 0 bridgehead atoms. The number of hydrogen-bond donors (Lipinski definition) is 2. The highest BCUT2D eigenvalue weighted by molar-refractivity contribution is 6.32. The van der Waals surface area contributed by atoms with Crippen LogP contribution >= 0.6 is 11.6 Å². The topological polar surface area (TPSA) is 76.7 Å². The highest BCUT2D eigenvalue weighted by Crippen LogP contribution is 2.39. The molecule has 0 aliphatic carbocycles. The molecule has 1 aliphatic rings. The highest BCUT2D eigenvalue weighted by atomic mass is 35.5. The van der Waals surface area contributed by atoms with Gasteiger partial charge in [-0.3, -0.25) is 20.4 Å². The van der Waals surface area contributed by atoms with Crippen molar-refractivity contribution in [3.8, 4) is 11.5 Å². The number of benzene rings is 2. The molecule has 2 aromatic rings. The van der Waals surface area contributed by atoms with Crippen LogP contribution in [0.2, 0.25) is 5.02 Å². The van der Waals surface area contributed by atoms with Crippen LogP contribution in [0.3, 0.4) is 0 Å². The van der Waals surface area contributed by atoms with Gasteiger partial charge in [0.1, 0.15) is 0 Å². The summed E-state index contributed by atoms with van der Waals surface area (Å²) in [5.41, 5.74) is 7.39. The zero-order chi connectivity index (χ0) is 17.3. The molecule has 1 heterocycles. The van der Waals surface area contributed by atoms with Gasteiger partial charge in [0.05, 0.1) is 5.02 Å². The lowest BCUT2D eigenvalue weighted by Crippen LogP contribution is -2.41. The predicted octanol–water partition coefficient (Wildman–Crippen LogP) is 2.76. The summed E-state index contributed by atoms with van der Waals surface area (Å²) in [6.45, 7) is 3.84. The Bertz CT molecular complexity index is 836. The van der Waals surface area contributed by atoms with E-state index in [-0.39, 0.29) is 17.4 Å². The third kappa shape index (κ3) is 3.14. The molecule has 2 N–H and O–H groups in total. The molecule has 7 heteroatoms. The van der Waals surface area contributed by atoms with E-state index in [9.17, 15) is 9.59 Å². The lowest BCUT2D eigenvalue weighted by molar-refractivity contribution is 0.0846. The van der Waals surface area contributed by atoms with Gasteiger partial charge in [0, 0.05) is 11.1 Å². The summed E-state index contributed by atoms with van der Waals surface area (Å²) in [6.07, 6.45) is 0. The number of carbonyl (C=O) groups excluding carboxylic acids is 2. The molecule has 0 atom stereocenters. The van der Waals surface area contributed by atoms with E-state index in [1.165, 1.54) is 12.1 Å². The SMILES string of the molecule is Cc1ccc(C(=O)NNC(=O)c2cc(Cl)c3c(c2)OCO3)c(C)c1. The number of hydrogen-bond acceptors (Lipinski definition) is 4. The van der Waals surface area contributed by atoms with Gasteiger partial charge in [0.15, 0.2) is 11.5 Å². The molecule has 124 valence electrons. The summed E-state index contributed by atoms with van der Waals surface area (Å²) >= 11 is 6.04. The molecular formula is C17H15ClN2O4. The first kappa shape index (κ1) is 16.1. The van der Waals surface area contributed by atoms with Gasteiger partial charge in [-0.2, -0.15) is 0 Å². The summed E-state index contributed by atoms with van der Waals surface area (Å²) < 4.78 is 10.4. The van der Waals surface area contributed by atoms with Gasteiger partial charge in [-0.15, -0.1) is 0 Å². The number of aryl methyl sites for hydroxylation is 2. The van der Waals surface area contributed by atoms with Crippen molar-refractivity contribution in [1.82, 2.24) is 10.9 Å². The molecule has 0 aromatic heterocycles. The van der Waals surface area contributed by atoms with Gasteiger partial charge in [-0.1, -0.05) is 29.3 Å². The zero-order valence-corrected chi connectivity index (χ0v) is 13.9. The van der Waals surface area contributed by atoms with Crippen molar-refractivity contribution >= 4 is 23.4 Å². The van der Waals surface area contributed by atoms with E-state index in [1.54, 1.807) is 6.07 Å². The van der Waals surface area contributed by atoms with E-state index in [1.807, 2.05) is 26.0 Å². The molecular weight excluding hydrogens is 332 g/mol. The number of fused-ring (bicyclic) bond motifs is 1. The van der Waals surface area contributed by atoms with Gasteiger partial charge in [0.25, 0.3) is 11.8 Å². The lowest BCUT2D eigenvalue weighted by atomic mass is 10.1. The second-order valence-corrected chi connectivity index (χ2v) is 5.83. The van der Waals surface area contributed by atoms with Crippen LogP contribution in [0.4, 0.5) is 0 Å². The number of amides is 2. The van der Waals surface area contributed by atoms with Crippen molar-refractivity contribution in [2.45, 2.75) is 13.8 Å². The van der Waals surface area contributed by atoms with Crippen LogP contribution in [-0.4, -0.2) is 18.6 Å². The van der Waals surface area contributed by atoms with E-state index in [0.717, 1.165) is 11.1 Å². The quantitative estimate of drug-likeness (QED) is 0.820. The smallest absolute Gasteiger partial charge is 0.269 e. The normalized spacial score (nSPS) is 12.0. The first-order valence-electron chi connectivity index (χ1n) is 7.23. The van der Waals surface area contributed by atoms with E-state index in [4.69, 9.17) is 21.1 Å². The zero-order valence-electron chi connectivity index (χ0n) is 13.1. The van der Waals surface area contributed by atoms with E-state index < -0.39 is 11.8 Å². The second-order valence-electron chi connectivity index (χ2n) is 5.42. The summed E-state index contributed by atoms with van der Waals surface area (Å²) in [5, 5.41) is 0.274. The summed E-state index contributed by atoms with van der Waals surface area (Å²) in [6, 6.07) is 8.40. The molecule has 0 unspecified atom stereocenters. The van der Waals surface area contributed by atoms with Gasteiger partial charge < -0.3 is 9.47 Å². The molecule has 2 amide bonds. The minimum atomic E-state index is -0.506. The number of nitrogens with one attached hydrogen (secondary N) is 2. The summed E-state index contributed by atoms with van der Waals surface area (Å²) in [4.78, 5) is 24.4. The summed E-state index contributed by atoms with van der Waals surface area (Å²) in [7, 11) is 0. The van der Waals surface area contributed by atoms with Crippen molar-refractivity contribution < 1.29 is 19.1 Å². The number of ether oxygens (including phenoxy) is 2. The minimum Gasteiger partial charge on any atom is -0.454 e. The fraction of sp³-hybridized carbons (Fsp3) is 0.176. The van der Waals surface area contributed by atoms with Crippen molar-refractivity contribution in [1.29, 1.82) is 0 Å². The molecule has 24 heavy (non-hydrogen) atoms. The minimum absolute atomic E-state index is 0.0591. The highest BCUT2D eigenvalue weighted by Gasteiger charge is 2.21. The van der Waals surface area contributed by atoms with Crippen LogP contribution in [0.25, 0.3) is 0 Å². The third-order valence-corrected chi connectivity index (χ3v) is 3.89. The molecule has 3 rings (SSSR count). The molecule has 6 nitrogen and oxygen atoms in total. The molecule has 1 aliphatic heterocycles. The monoisotopic (exact) mass is 346 g/mol. The number of carbonyl (C=O) groups is 2. The van der Waals surface area contributed by atoms with Crippen molar-refractivity contribution in [2.24, 2.45) is 0 Å². The standard InChI is InChI=1S/C17H15ClN2O4/c1-9-3-4-12(10(2)5-9)17(22)20-19-16(21)11-6-13(18)15-14(7-11)23-8-24-15/h3-7H,8H2,1-2H3,(H,19,21)(H,20,22). The maximum atomic E-state index is 12.2. The van der Waals surface area contributed by atoms with Crippen molar-refractivity contribution in [2.75, 3.05) is 6.79 Å². The van der Waals surface area contributed by atoms with Gasteiger partial charge in [-0.05, 0) is 37.6 Å². The van der Waals surface area contributed by atoms with E-state index in [2.05, 4.69) is 10.9 Å². The Morgan fingerprint density at radius 3 is 2.54 bits per heavy atom. The van der Waals surface area contributed by atoms with Crippen LogP contribution < -0.4 is 20.3 Å². The Morgan fingerprint density at radius 2 is 1.79 bits per heavy atom. The largest absolute Gasteiger partial charge is 0.454 e.